The Kier molecular flexibility index (Phi) is 7.43. The lowest BCUT2D eigenvalue weighted by atomic mass is 10.1. The molecule has 0 aromatic rings. The van der Waals surface area contributed by atoms with Crippen LogP contribution in [0.5, 0.6) is 0 Å². The maximum absolute atomic E-state index is 12.4. The van der Waals surface area contributed by atoms with Crippen LogP contribution in [0, 0.1) is 0 Å². The lowest BCUT2D eigenvalue weighted by molar-refractivity contribution is -0.146. The summed E-state index contributed by atoms with van der Waals surface area (Å²) in [4.78, 5) is 25.3. The van der Waals surface area contributed by atoms with Crippen LogP contribution in [0.25, 0.3) is 0 Å². The maximum Gasteiger partial charge on any atom is 0.410 e. The molecule has 144 valence electrons. The summed E-state index contributed by atoms with van der Waals surface area (Å²) in [6.45, 7) is 6.95. The fourth-order valence-electron chi connectivity index (χ4n) is 2.47. The highest BCUT2D eigenvalue weighted by Crippen LogP contribution is 2.25. The number of carbonyl (C=O) groups excluding carboxylic acids is 2. The average Bonchev–Trinajstić information content (AvgIpc) is 2.88. The average molecular weight is 377 g/mol. The third kappa shape index (κ3) is 8.35. The first-order valence-electron chi connectivity index (χ1n) is 8.07. The quantitative estimate of drug-likeness (QED) is 0.396. The van der Waals surface area contributed by atoms with Gasteiger partial charge in [-0.3, -0.25) is 8.98 Å². The largest absolute Gasteiger partial charge is 0.456 e. The zero-order valence-corrected chi connectivity index (χ0v) is 16.2. The molecule has 1 aliphatic rings. The van der Waals surface area contributed by atoms with Crippen LogP contribution < -0.4 is 0 Å². The SMILES string of the molecule is CC(=O)O[C@H](/C=C\COS(C)(=O)=O)[C@@H]1CCCN1C(=O)OC(C)(C)C. The minimum absolute atomic E-state index is 0.171. The van der Waals surface area contributed by atoms with Gasteiger partial charge in [0.15, 0.2) is 0 Å². The zero-order valence-electron chi connectivity index (χ0n) is 15.4. The molecule has 1 aliphatic heterocycles. The second-order valence-corrected chi connectivity index (χ2v) is 8.52. The Morgan fingerprint density at radius 2 is 1.96 bits per heavy atom. The predicted octanol–water partition coefficient (Wildman–Crippen LogP) is 1.85. The summed E-state index contributed by atoms with van der Waals surface area (Å²) in [7, 11) is -3.55. The second kappa shape index (κ2) is 8.66. The van der Waals surface area contributed by atoms with Gasteiger partial charge in [0.2, 0.25) is 0 Å². The monoisotopic (exact) mass is 377 g/mol. The molecular formula is C16H27NO7S. The molecule has 1 saturated heterocycles. The van der Waals surface area contributed by atoms with Crippen molar-refractivity contribution in [2.24, 2.45) is 0 Å². The third-order valence-corrected chi connectivity index (χ3v) is 3.88. The molecule has 1 fully saturated rings. The van der Waals surface area contributed by atoms with Crippen molar-refractivity contribution < 1.29 is 31.7 Å². The summed E-state index contributed by atoms with van der Waals surface area (Å²) >= 11 is 0. The lowest BCUT2D eigenvalue weighted by Gasteiger charge is -2.31. The normalized spacial score (nSPS) is 19.9. The van der Waals surface area contributed by atoms with E-state index >= 15 is 0 Å². The van der Waals surface area contributed by atoms with E-state index in [-0.39, 0.29) is 12.6 Å². The van der Waals surface area contributed by atoms with Gasteiger partial charge in [0.25, 0.3) is 10.1 Å². The molecule has 0 bridgehead atoms. The van der Waals surface area contributed by atoms with Gasteiger partial charge < -0.3 is 14.4 Å². The number of esters is 1. The summed E-state index contributed by atoms with van der Waals surface area (Å²) < 4.78 is 37.3. The molecule has 0 N–H and O–H groups in total. The highest BCUT2D eigenvalue weighted by molar-refractivity contribution is 7.85. The molecule has 2 atom stereocenters. The van der Waals surface area contributed by atoms with Gasteiger partial charge in [-0.15, -0.1) is 0 Å². The first kappa shape index (κ1) is 21.4. The third-order valence-electron chi connectivity index (χ3n) is 3.31. The minimum Gasteiger partial charge on any atom is -0.456 e. The summed E-state index contributed by atoms with van der Waals surface area (Å²) in [5, 5.41) is 0. The number of hydrogen-bond donors (Lipinski definition) is 0. The maximum atomic E-state index is 12.4. The van der Waals surface area contributed by atoms with Gasteiger partial charge in [-0.05, 0) is 39.7 Å². The summed E-state index contributed by atoms with van der Waals surface area (Å²) in [5.41, 5.74) is -0.625. The molecule has 0 aromatic carbocycles. The topological polar surface area (TPSA) is 99.2 Å². The van der Waals surface area contributed by atoms with Crippen molar-refractivity contribution >= 4 is 22.2 Å². The Morgan fingerprint density at radius 3 is 2.48 bits per heavy atom. The molecular weight excluding hydrogens is 350 g/mol. The van der Waals surface area contributed by atoms with Crippen molar-refractivity contribution in [2.75, 3.05) is 19.4 Å². The van der Waals surface area contributed by atoms with Gasteiger partial charge in [-0.2, -0.15) is 8.42 Å². The van der Waals surface area contributed by atoms with Crippen LogP contribution in [0.2, 0.25) is 0 Å². The Hall–Kier alpha value is -1.61. The van der Waals surface area contributed by atoms with Crippen molar-refractivity contribution in [3.8, 4) is 0 Å². The van der Waals surface area contributed by atoms with Gasteiger partial charge in [-0.1, -0.05) is 6.08 Å². The number of ether oxygens (including phenoxy) is 2. The Morgan fingerprint density at radius 1 is 1.32 bits per heavy atom. The number of likely N-dealkylation sites (tertiary alicyclic amines) is 1. The molecule has 0 radical (unpaired) electrons. The predicted molar refractivity (Wildman–Crippen MR) is 91.5 cm³/mol. The Bertz CT molecular complexity index is 606. The molecule has 1 rings (SSSR count). The van der Waals surface area contributed by atoms with Crippen LogP contribution in [-0.2, 0) is 28.6 Å². The van der Waals surface area contributed by atoms with Crippen LogP contribution >= 0.6 is 0 Å². The van der Waals surface area contributed by atoms with E-state index in [4.69, 9.17) is 9.47 Å². The fraction of sp³-hybridized carbons (Fsp3) is 0.750. The molecule has 9 heteroatoms. The van der Waals surface area contributed by atoms with Crippen molar-refractivity contribution in [3.05, 3.63) is 12.2 Å². The summed E-state index contributed by atoms with van der Waals surface area (Å²) in [6, 6.07) is -0.367. The smallest absolute Gasteiger partial charge is 0.410 e. The molecule has 8 nitrogen and oxygen atoms in total. The molecule has 1 amide bonds. The van der Waals surface area contributed by atoms with Gasteiger partial charge in [0.1, 0.15) is 11.7 Å². The molecule has 0 spiro atoms. The van der Waals surface area contributed by atoms with Crippen LogP contribution in [0.4, 0.5) is 4.79 Å². The standard InChI is InChI=1S/C16H27NO7S/c1-12(18)23-14(9-7-11-22-25(5,20)21)13-8-6-10-17(13)15(19)24-16(2,3)4/h7,9,13-14H,6,8,10-11H2,1-5H3/b9-7-/t13-,14+/m0/s1. The van der Waals surface area contributed by atoms with Crippen molar-refractivity contribution in [2.45, 2.75) is 58.3 Å². The van der Waals surface area contributed by atoms with E-state index < -0.39 is 33.9 Å². The van der Waals surface area contributed by atoms with E-state index in [0.717, 1.165) is 12.7 Å². The molecule has 0 unspecified atom stereocenters. The number of amides is 1. The lowest BCUT2D eigenvalue weighted by Crippen LogP contribution is -2.45. The van der Waals surface area contributed by atoms with Gasteiger partial charge in [-0.25, -0.2) is 4.79 Å². The molecule has 0 aromatic heterocycles. The fourth-order valence-corrected chi connectivity index (χ4v) is 2.80. The number of rotatable bonds is 6. The van der Waals surface area contributed by atoms with E-state index in [2.05, 4.69) is 4.18 Å². The van der Waals surface area contributed by atoms with Gasteiger partial charge >= 0.3 is 12.1 Å². The second-order valence-electron chi connectivity index (χ2n) is 6.87. The number of nitrogens with zero attached hydrogens (tertiary/aromatic N) is 1. The molecule has 25 heavy (non-hydrogen) atoms. The van der Waals surface area contributed by atoms with Gasteiger partial charge in [0, 0.05) is 13.5 Å². The van der Waals surface area contributed by atoms with E-state index in [9.17, 15) is 18.0 Å². The van der Waals surface area contributed by atoms with Crippen LogP contribution in [0.3, 0.4) is 0 Å². The van der Waals surface area contributed by atoms with E-state index in [1.807, 2.05) is 0 Å². The minimum atomic E-state index is -3.55. The first-order valence-corrected chi connectivity index (χ1v) is 9.88. The molecule has 1 heterocycles. The molecule has 0 saturated carbocycles. The summed E-state index contributed by atoms with van der Waals surface area (Å²) in [5.74, 6) is -0.491. The van der Waals surface area contributed by atoms with Crippen molar-refractivity contribution in [1.82, 2.24) is 4.90 Å². The Labute approximate surface area is 149 Å². The molecule has 0 aliphatic carbocycles. The summed E-state index contributed by atoms with van der Waals surface area (Å²) in [6.07, 6.45) is 4.19. The number of carbonyl (C=O) groups is 2. The van der Waals surface area contributed by atoms with Crippen LogP contribution in [0.1, 0.15) is 40.5 Å². The van der Waals surface area contributed by atoms with E-state index in [1.165, 1.54) is 13.0 Å². The van der Waals surface area contributed by atoms with Gasteiger partial charge in [0.05, 0.1) is 18.9 Å². The van der Waals surface area contributed by atoms with Crippen LogP contribution in [-0.4, -0.2) is 62.5 Å². The van der Waals surface area contributed by atoms with Crippen molar-refractivity contribution in [3.63, 3.8) is 0 Å². The highest BCUT2D eigenvalue weighted by Gasteiger charge is 2.37. The number of hydrogen-bond acceptors (Lipinski definition) is 7. The van der Waals surface area contributed by atoms with E-state index in [0.29, 0.717) is 13.0 Å². The zero-order chi connectivity index (χ0) is 19.3. The van der Waals surface area contributed by atoms with E-state index in [1.54, 1.807) is 31.7 Å². The van der Waals surface area contributed by atoms with Crippen molar-refractivity contribution in [1.29, 1.82) is 0 Å². The first-order chi connectivity index (χ1) is 11.4. The van der Waals surface area contributed by atoms with Crippen LogP contribution in [0.15, 0.2) is 12.2 Å². The Balaban J connectivity index is 2.83. The highest BCUT2D eigenvalue weighted by atomic mass is 32.2.